The van der Waals surface area contributed by atoms with Crippen molar-refractivity contribution in [2.24, 2.45) is 0 Å². The molecular formula is C63H102O12. The second kappa shape index (κ2) is 50.5. The van der Waals surface area contributed by atoms with E-state index >= 15 is 0 Å². The Kier molecular flexibility index (Phi) is 46.2. The molecule has 426 valence electrons. The zero-order valence-electron chi connectivity index (χ0n) is 46.8. The van der Waals surface area contributed by atoms with Crippen LogP contribution in [0.3, 0.4) is 0 Å². The fourth-order valence-electron chi connectivity index (χ4n) is 8.11. The molecule has 0 radical (unpaired) electrons. The monoisotopic (exact) mass is 1050 g/mol. The summed E-state index contributed by atoms with van der Waals surface area (Å²) >= 11 is 0. The highest BCUT2D eigenvalue weighted by Gasteiger charge is 2.50. The number of ether oxygens (including phenoxy) is 5. The molecule has 1 saturated heterocycles. The van der Waals surface area contributed by atoms with Gasteiger partial charge in [-0.15, -0.1) is 0 Å². The number of carboxylic acids is 1. The molecule has 0 amide bonds. The lowest BCUT2D eigenvalue weighted by atomic mass is 9.98. The van der Waals surface area contributed by atoms with E-state index in [2.05, 4.69) is 118 Å². The second-order valence-corrected chi connectivity index (χ2v) is 19.5. The maximum Gasteiger partial charge on any atom is 0.335 e. The van der Waals surface area contributed by atoms with Crippen molar-refractivity contribution in [3.63, 3.8) is 0 Å². The second-order valence-electron chi connectivity index (χ2n) is 19.5. The number of rotatable bonds is 48. The first-order chi connectivity index (χ1) is 36.6. The number of aliphatic hydroxyl groups is 2. The fourth-order valence-corrected chi connectivity index (χ4v) is 8.11. The topological polar surface area (TPSA) is 175 Å². The summed E-state index contributed by atoms with van der Waals surface area (Å²) in [6.07, 6.45) is 53.8. The SMILES string of the molecule is CC/C=C\C/C=C\C/C=C\C/C=C\C/C=C\CCCCCC(=O)OC1C(OCC(COC(=O)CCCCCCC/C=C\C/C=C\CCCCC)OC(=O)CCCCCCC/C=C\CCCC)OC(C(=O)O)C(O)C1O. The van der Waals surface area contributed by atoms with Gasteiger partial charge in [-0.1, -0.05) is 189 Å². The van der Waals surface area contributed by atoms with Crippen molar-refractivity contribution in [3.8, 4) is 0 Å². The van der Waals surface area contributed by atoms with E-state index < -0.39 is 67.3 Å². The molecule has 12 nitrogen and oxygen atoms in total. The molecule has 3 N–H and O–H groups in total. The largest absolute Gasteiger partial charge is 0.479 e. The summed E-state index contributed by atoms with van der Waals surface area (Å²) < 4.78 is 28.3. The van der Waals surface area contributed by atoms with Crippen molar-refractivity contribution in [2.75, 3.05) is 13.2 Å². The van der Waals surface area contributed by atoms with Gasteiger partial charge in [0.2, 0.25) is 0 Å². The van der Waals surface area contributed by atoms with Gasteiger partial charge in [-0.2, -0.15) is 0 Å². The zero-order valence-corrected chi connectivity index (χ0v) is 46.8. The molecule has 75 heavy (non-hydrogen) atoms. The third kappa shape index (κ3) is 40.6. The number of carbonyl (C=O) groups excluding carboxylic acids is 3. The van der Waals surface area contributed by atoms with Crippen molar-refractivity contribution < 1.29 is 58.2 Å². The molecule has 0 saturated carbocycles. The number of carboxylic acid groups (broad SMARTS) is 1. The first kappa shape index (κ1) is 68.7. The van der Waals surface area contributed by atoms with Crippen LogP contribution in [0.25, 0.3) is 0 Å². The molecule has 0 aliphatic carbocycles. The number of hydrogen-bond donors (Lipinski definition) is 3. The summed E-state index contributed by atoms with van der Waals surface area (Å²) in [6.45, 7) is 5.77. The minimum Gasteiger partial charge on any atom is -0.479 e. The van der Waals surface area contributed by atoms with E-state index in [1.807, 2.05) is 0 Å². The van der Waals surface area contributed by atoms with Crippen molar-refractivity contribution in [3.05, 3.63) is 97.2 Å². The lowest BCUT2D eigenvalue weighted by Crippen LogP contribution is -2.61. The molecule has 1 fully saturated rings. The minimum atomic E-state index is -1.92. The molecule has 1 rings (SSSR count). The van der Waals surface area contributed by atoms with Crippen LogP contribution in [0.5, 0.6) is 0 Å². The minimum absolute atomic E-state index is 0.0149. The summed E-state index contributed by atoms with van der Waals surface area (Å²) in [6, 6.07) is 0. The van der Waals surface area contributed by atoms with Crippen LogP contribution in [0.1, 0.15) is 226 Å². The Morgan fingerprint density at radius 3 is 1.35 bits per heavy atom. The van der Waals surface area contributed by atoms with Gasteiger partial charge >= 0.3 is 23.9 Å². The fraction of sp³-hybridized carbons (Fsp3) is 0.683. The number of aliphatic hydroxyl groups excluding tert-OH is 2. The van der Waals surface area contributed by atoms with Crippen LogP contribution in [-0.4, -0.2) is 89.2 Å². The van der Waals surface area contributed by atoms with Crippen LogP contribution in [0.15, 0.2) is 97.2 Å². The summed E-state index contributed by atoms with van der Waals surface area (Å²) in [7, 11) is 0. The summed E-state index contributed by atoms with van der Waals surface area (Å²) in [5.41, 5.74) is 0. The quantitative estimate of drug-likeness (QED) is 0.0228. The Labute approximate surface area is 453 Å². The van der Waals surface area contributed by atoms with E-state index in [-0.39, 0.29) is 25.9 Å². The smallest absolute Gasteiger partial charge is 0.335 e. The number of hydrogen-bond acceptors (Lipinski definition) is 11. The highest BCUT2D eigenvalue weighted by molar-refractivity contribution is 5.74. The lowest BCUT2D eigenvalue weighted by Gasteiger charge is -2.40. The standard InChI is InChI=1S/C63H102O12/c1-4-7-10-13-16-19-22-24-26-27-28-29-31-33-36-39-42-45-48-51-57(66)74-61-59(68)58(67)60(62(69)70)75-63(61)72-53-54(73-56(65)50-47-44-41-38-34-21-18-15-12-9-6-3)52-71-55(64)49-46-43-40-37-35-32-30-25-23-20-17-14-11-8-5-2/h7,10,15-20,24-26,28-30,33,36,54,58-61,63,67-68H,4-6,8-9,11-14,21-23,27,31-32,34-35,37-53H2,1-3H3,(H,69,70)/b10-7-,18-15-,19-16-,20-17-,26-24-,29-28-,30-25-,36-33-. The van der Waals surface area contributed by atoms with Gasteiger partial charge in [0.05, 0.1) is 6.61 Å². The van der Waals surface area contributed by atoms with E-state index in [9.17, 15) is 34.5 Å². The van der Waals surface area contributed by atoms with Crippen molar-refractivity contribution in [2.45, 2.75) is 263 Å². The molecular weight excluding hydrogens is 949 g/mol. The number of carbonyl (C=O) groups is 4. The lowest BCUT2D eigenvalue weighted by molar-refractivity contribution is -0.301. The van der Waals surface area contributed by atoms with Crippen LogP contribution in [0, 0.1) is 0 Å². The van der Waals surface area contributed by atoms with Gasteiger partial charge in [0.1, 0.15) is 18.8 Å². The molecule has 0 spiro atoms. The average molecular weight is 1050 g/mol. The predicted molar refractivity (Wildman–Crippen MR) is 303 cm³/mol. The van der Waals surface area contributed by atoms with Gasteiger partial charge in [0, 0.05) is 19.3 Å². The van der Waals surface area contributed by atoms with Crippen molar-refractivity contribution in [1.29, 1.82) is 0 Å². The van der Waals surface area contributed by atoms with Gasteiger partial charge < -0.3 is 39.0 Å². The molecule has 0 bridgehead atoms. The number of unbranched alkanes of at least 4 members (excludes halogenated alkanes) is 18. The number of esters is 3. The Balaban J connectivity index is 2.71. The van der Waals surface area contributed by atoms with Crippen LogP contribution < -0.4 is 0 Å². The van der Waals surface area contributed by atoms with Crippen LogP contribution in [-0.2, 0) is 42.9 Å². The maximum absolute atomic E-state index is 13.1. The Morgan fingerprint density at radius 2 is 0.853 bits per heavy atom. The summed E-state index contributed by atoms with van der Waals surface area (Å²) in [5.74, 6) is -3.20. The van der Waals surface area contributed by atoms with Gasteiger partial charge in [-0.05, 0) is 116 Å². The van der Waals surface area contributed by atoms with Crippen LogP contribution in [0.2, 0.25) is 0 Å². The first-order valence-electron chi connectivity index (χ1n) is 29.2. The molecule has 1 aliphatic heterocycles. The zero-order chi connectivity index (χ0) is 54.7. The van der Waals surface area contributed by atoms with E-state index in [1.54, 1.807) is 0 Å². The van der Waals surface area contributed by atoms with Crippen LogP contribution in [0.4, 0.5) is 0 Å². The third-order valence-electron chi connectivity index (χ3n) is 12.6. The third-order valence-corrected chi connectivity index (χ3v) is 12.6. The maximum atomic E-state index is 13.1. The molecule has 0 aromatic rings. The molecule has 6 atom stereocenters. The number of allylic oxidation sites excluding steroid dienone is 16. The summed E-state index contributed by atoms with van der Waals surface area (Å²) in [4.78, 5) is 51.0. The average Bonchev–Trinajstić information content (AvgIpc) is 3.39. The van der Waals surface area contributed by atoms with Crippen molar-refractivity contribution in [1.82, 2.24) is 0 Å². The molecule has 12 heteroatoms. The highest BCUT2D eigenvalue weighted by Crippen LogP contribution is 2.26. The Morgan fingerprint density at radius 1 is 0.453 bits per heavy atom. The van der Waals surface area contributed by atoms with Gasteiger partial charge in [-0.3, -0.25) is 14.4 Å². The van der Waals surface area contributed by atoms with Crippen molar-refractivity contribution >= 4 is 23.9 Å². The van der Waals surface area contributed by atoms with E-state index in [4.69, 9.17) is 23.7 Å². The normalized spacial score (nSPS) is 18.9. The van der Waals surface area contributed by atoms with Gasteiger partial charge in [0.15, 0.2) is 24.6 Å². The molecule has 1 aliphatic rings. The van der Waals surface area contributed by atoms with E-state index in [0.29, 0.717) is 19.3 Å². The van der Waals surface area contributed by atoms with Gasteiger partial charge in [0.25, 0.3) is 0 Å². The Hall–Kier alpha value is -4.36. The van der Waals surface area contributed by atoms with Gasteiger partial charge in [-0.25, -0.2) is 4.79 Å². The van der Waals surface area contributed by atoms with Crippen LogP contribution >= 0.6 is 0 Å². The molecule has 1 heterocycles. The highest BCUT2D eigenvalue weighted by atomic mass is 16.7. The molecule has 0 aromatic heterocycles. The Bertz CT molecular complexity index is 1670. The molecule has 0 aromatic carbocycles. The predicted octanol–water partition coefficient (Wildman–Crippen LogP) is 14.9. The molecule has 6 unspecified atom stereocenters. The summed E-state index contributed by atoms with van der Waals surface area (Å²) in [5, 5.41) is 31.5. The van der Waals surface area contributed by atoms with E-state index in [0.717, 1.165) is 135 Å². The number of aliphatic carboxylic acids is 1. The van der Waals surface area contributed by atoms with E-state index in [1.165, 1.54) is 32.1 Å². The first-order valence-corrected chi connectivity index (χ1v) is 29.2.